The molecule has 0 bridgehead atoms. The Morgan fingerprint density at radius 1 is 1.09 bits per heavy atom. The molecule has 0 aromatic carbocycles. The van der Waals surface area contributed by atoms with Crippen molar-refractivity contribution in [3.05, 3.63) is 0 Å². The molecule has 0 heterocycles. The van der Waals surface area contributed by atoms with Crippen molar-refractivity contribution in [2.75, 3.05) is 7.11 Å². The van der Waals surface area contributed by atoms with Gasteiger partial charge in [0.15, 0.2) is 0 Å². The molecule has 2 nitrogen and oxygen atoms in total. The number of ether oxygens (including phenoxy) is 1. The first-order chi connectivity index (χ1) is 10.5. The first-order valence-electron chi connectivity index (χ1n) is 9.53. The summed E-state index contributed by atoms with van der Waals surface area (Å²) in [7, 11) is 1.94. The Kier molecular flexibility index (Phi) is 2.54. The lowest BCUT2D eigenvalue weighted by molar-refractivity contribution is -0.161. The molecular weight excluding hydrogens is 272 g/mol. The summed E-state index contributed by atoms with van der Waals surface area (Å²) in [6.45, 7) is 4.88. The van der Waals surface area contributed by atoms with E-state index in [0.717, 1.165) is 37.0 Å². The van der Waals surface area contributed by atoms with Gasteiger partial charge in [-0.25, -0.2) is 0 Å². The van der Waals surface area contributed by atoms with Crippen molar-refractivity contribution in [1.82, 2.24) is 0 Å². The third-order valence-electron chi connectivity index (χ3n) is 9.54. The molecule has 5 fully saturated rings. The molecule has 0 unspecified atom stereocenters. The van der Waals surface area contributed by atoms with E-state index in [1.54, 1.807) is 0 Å². The second kappa shape index (κ2) is 3.99. The molecule has 5 aliphatic carbocycles. The van der Waals surface area contributed by atoms with Gasteiger partial charge in [0.1, 0.15) is 5.78 Å². The van der Waals surface area contributed by atoms with Gasteiger partial charge >= 0.3 is 0 Å². The molecule has 8 atom stereocenters. The van der Waals surface area contributed by atoms with Gasteiger partial charge in [0.2, 0.25) is 0 Å². The lowest BCUT2D eigenvalue weighted by atomic mass is 9.46. The van der Waals surface area contributed by atoms with E-state index in [1.165, 1.54) is 32.1 Å². The van der Waals surface area contributed by atoms with Crippen molar-refractivity contribution in [3.63, 3.8) is 0 Å². The molecule has 0 aliphatic heterocycles. The smallest absolute Gasteiger partial charge is 0.139 e. The van der Waals surface area contributed by atoms with E-state index in [2.05, 4.69) is 13.8 Å². The van der Waals surface area contributed by atoms with Crippen LogP contribution in [-0.4, -0.2) is 19.0 Å². The fourth-order valence-electron chi connectivity index (χ4n) is 8.35. The van der Waals surface area contributed by atoms with Gasteiger partial charge in [-0.05, 0) is 74.0 Å². The Hall–Kier alpha value is -0.370. The summed E-state index contributed by atoms with van der Waals surface area (Å²) in [6.07, 6.45) is 10.4. The molecule has 0 aromatic rings. The standard InChI is InChI=1S/C20H30O2/c1-18-8-7-15-13(14(18)4-5-16(18)21)10-17(22-3)20-11-12(20)6-9-19(15,20)2/h12-15,17H,4-11H2,1-3H3/t12-,13-,14-,15-,17+,18-,19+,20-/m0/s1. The first-order valence-corrected chi connectivity index (χ1v) is 9.53. The van der Waals surface area contributed by atoms with E-state index in [-0.39, 0.29) is 5.41 Å². The molecule has 0 aromatic heterocycles. The largest absolute Gasteiger partial charge is 0.381 e. The topological polar surface area (TPSA) is 26.3 Å². The summed E-state index contributed by atoms with van der Waals surface area (Å²) in [5.74, 6) is 3.75. The number of methoxy groups -OCH3 is 1. The summed E-state index contributed by atoms with van der Waals surface area (Å²) in [4.78, 5) is 12.5. The van der Waals surface area contributed by atoms with Crippen LogP contribution in [0, 0.1) is 39.9 Å². The monoisotopic (exact) mass is 302 g/mol. The number of carbonyl (C=O) groups excluding carboxylic acids is 1. The van der Waals surface area contributed by atoms with Crippen LogP contribution in [0.25, 0.3) is 0 Å². The highest BCUT2D eigenvalue weighted by Crippen LogP contribution is 2.81. The molecule has 0 amide bonds. The second-order valence-corrected chi connectivity index (χ2v) is 9.65. The Labute approximate surface area is 134 Å². The Morgan fingerprint density at radius 2 is 1.91 bits per heavy atom. The van der Waals surface area contributed by atoms with Gasteiger partial charge in [0.25, 0.3) is 0 Å². The van der Waals surface area contributed by atoms with E-state index in [1.807, 2.05) is 7.11 Å². The molecule has 5 aliphatic rings. The van der Waals surface area contributed by atoms with Crippen molar-refractivity contribution >= 4 is 5.78 Å². The molecule has 22 heavy (non-hydrogen) atoms. The third-order valence-corrected chi connectivity index (χ3v) is 9.54. The molecule has 5 saturated carbocycles. The minimum absolute atomic E-state index is 0.00186. The van der Waals surface area contributed by atoms with Gasteiger partial charge in [-0.2, -0.15) is 0 Å². The average molecular weight is 302 g/mol. The number of fused-ring (bicyclic) bond motifs is 4. The second-order valence-electron chi connectivity index (χ2n) is 9.65. The van der Waals surface area contributed by atoms with Gasteiger partial charge in [-0.3, -0.25) is 4.79 Å². The number of Topliss-reactive ketones (excluding diaryl/α,β-unsaturated/α-hetero) is 1. The molecule has 2 heteroatoms. The van der Waals surface area contributed by atoms with Crippen LogP contribution in [0.3, 0.4) is 0 Å². The fourth-order valence-corrected chi connectivity index (χ4v) is 8.35. The van der Waals surface area contributed by atoms with Crippen LogP contribution in [0.15, 0.2) is 0 Å². The Balaban J connectivity index is 1.57. The summed E-state index contributed by atoms with van der Waals surface area (Å²) in [6, 6.07) is 0. The Bertz CT molecular complexity index is 542. The first kappa shape index (κ1) is 14.0. The normalized spacial score (nSPS) is 62.1. The number of hydrogen-bond donors (Lipinski definition) is 0. The molecule has 0 radical (unpaired) electrons. The van der Waals surface area contributed by atoms with Crippen molar-refractivity contribution in [1.29, 1.82) is 0 Å². The third kappa shape index (κ3) is 1.29. The number of ketones is 1. The average Bonchev–Trinajstić information content (AvgIpc) is 3.05. The van der Waals surface area contributed by atoms with Crippen LogP contribution < -0.4 is 0 Å². The SMILES string of the molecule is CO[C@@H]1C[C@H]2[C@@H]3CCC(=O)[C@@]3(C)CC[C@@H]2[C@@]2(C)CC[C@H]3C[C@]312. The fraction of sp³-hybridized carbons (Fsp3) is 0.950. The van der Waals surface area contributed by atoms with Crippen molar-refractivity contribution in [3.8, 4) is 0 Å². The highest BCUT2D eigenvalue weighted by atomic mass is 16.5. The maximum atomic E-state index is 12.5. The quantitative estimate of drug-likeness (QED) is 0.725. The summed E-state index contributed by atoms with van der Waals surface area (Å²) in [5.41, 5.74) is 1.01. The highest BCUT2D eigenvalue weighted by molar-refractivity contribution is 5.87. The number of carbonyl (C=O) groups is 1. The summed E-state index contributed by atoms with van der Waals surface area (Å²) < 4.78 is 6.09. The van der Waals surface area contributed by atoms with Gasteiger partial charge in [0.05, 0.1) is 6.10 Å². The minimum Gasteiger partial charge on any atom is -0.381 e. The molecule has 0 N–H and O–H groups in total. The maximum absolute atomic E-state index is 12.5. The lowest BCUT2D eigenvalue weighted by Crippen LogP contribution is -2.56. The van der Waals surface area contributed by atoms with Crippen LogP contribution in [0.1, 0.15) is 65.2 Å². The van der Waals surface area contributed by atoms with E-state index < -0.39 is 0 Å². The minimum atomic E-state index is 0.00186. The predicted octanol–water partition coefficient (Wildman–Crippen LogP) is 4.22. The van der Waals surface area contributed by atoms with Crippen LogP contribution >= 0.6 is 0 Å². The van der Waals surface area contributed by atoms with Crippen LogP contribution in [0.5, 0.6) is 0 Å². The molecule has 5 rings (SSSR count). The van der Waals surface area contributed by atoms with Crippen LogP contribution in [0.2, 0.25) is 0 Å². The van der Waals surface area contributed by atoms with Crippen LogP contribution in [0.4, 0.5) is 0 Å². The maximum Gasteiger partial charge on any atom is 0.139 e. The molecule has 1 spiro atoms. The van der Waals surface area contributed by atoms with E-state index in [4.69, 9.17) is 4.74 Å². The van der Waals surface area contributed by atoms with Gasteiger partial charge < -0.3 is 4.74 Å². The summed E-state index contributed by atoms with van der Waals surface area (Å²) >= 11 is 0. The van der Waals surface area contributed by atoms with Crippen molar-refractivity contribution in [2.45, 2.75) is 71.3 Å². The predicted molar refractivity (Wildman–Crippen MR) is 85.3 cm³/mol. The number of hydrogen-bond acceptors (Lipinski definition) is 2. The van der Waals surface area contributed by atoms with Gasteiger partial charge in [0, 0.05) is 24.4 Å². The summed E-state index contributed by atoms with van der Waals surface area (Å²) in [5, 5.41) is 0. The number of rotatable bonds is 1. The van der Waals surface area contributed by atoms with Gasteiger partial charge in [-0.15, -0.1) is 0 Å². The zero-order valence-electron chi connectivity index (χ0n) is 14.4. The molecular formula is C20H30O2. The zero-order chi connectivity index (χ0) is 15.3. The van der Waals surface area contributed by atoms with E-state index in [9.17, 15) is 4.79 Å². The zero-order valence-corrected chi connectivity index (χ0v) is 14.4. The van der Waals surface area contributed by atoms with E-state index in [0.29, 0.717) is 28.6 Å². The Morgan fingerprint density at radius 3 is 2.64 bits per heavy atom. The van der Waals surface area contributed by atoms with Crippen molar-refractivity contribution < 1.29 is 9.53 Å². The highest BCUT2D eigenvalue weighted by Gasteiger charge is 2.77. The van der Waals surface area contributed by atoms with Crippen molar-refractivity contribution in [2.24, 2.45) is 39.9 Å². The molecule has 0 saturated heterocycles. The van der Waals surface area contributed by atoms with E-state index >= 15 is 0 Å². The van der Waals surface area contributed by atoms with Crippen LogP contribution in [-0.2, 0) is 9.53 Å². The van der Waals surface area contributed by atoms with Gasteiger partial charge in [-0.1, -0.05) is 13.8 Å². The molecule has 122 valence electrons. The lowest BCUT2D eigenvalue weighted by Gasteiger charge is -2.59.